The summed E-state index contributed by atoms with van der Waals surface area (Å²) >= 11 is 0. The third-order valence-corrected chi connectivity index (χ3v) is 4.22. The van der Waals surface area contributed by atoms with Gasteiger partial charge in [-0.15, -0.1) is 0 Å². The van der Waals surface area contributed by atoms with Gasteiger partial charge in [0, 0.05) is 32.0 Å². The fraction of sp³-hybridized carbons (Fsp3) is 0.857. The normalized spacial score (nSPS) is 30.1. The van der Waals surface area contributed by atoms with Crippen LogP contribution in [0.3, 0.4) is 0 Å². The van der Waals surface area contributed by atoms with Crippen molar-refractivity contribution in [2.45, 2.75) is 39.2 Å². The van der Waals surface area contributed by atoms with Crippen molar-refractivity contribution in [2.24, 2.45) is 11.8 Å². The van der Waals surface area contributed by atoms with Crippen molar-refractivity contribution in [1.82, 2.24) is 10.2 Å². The predicted octanol–water partition coefficient (Wildman–Crippen LogP) is 0.786. The first-order valence-corrected chi connectivity index (χ1v) is 7.27. The van der Waals surface area contributed by atoms with Gasteiger partial charge in [-0.25, -0.2) is 0 Å². The van der Waals surface area contributed by atoms with E-state index in [1.165, 1.54) is 0 Å². The average molecular weight is 268 g/mol. The molecule has 0 aromatic rings. The molecule has 2 heterocycles. The van der Waals surface area contributed by atoms with E-state index >= 15 is 0 Å². The van der Waals surface area contributed by atoms with Crippen LogP contribution in [0.25, 0.3) is 0 Å². The SMILES string of the molecule is CCC(C)C1NC(=O)CCN(CC2CCOC2)C1=O. The van der Waals surface area contributed by atoms with Gasteiger partial charge in [0.1, 0.15) is 6.04 Å². The van der Waals surface area contributed by atoms with E-state index in [2.05, 4.69) is 5.32 Å². The summed E-state index contributed by atoms with van der Waals surface area (Å²) < 4.78 is 5.36. The maximum Gasteiger partial charge on any atom is 0.245 e. The number of carbonyl (C=O) groups excluding carboxylic acids is 2. The number of hydrogen-bond acceptors (Lipinski definition) is 3. The predicted molar refractivity (Wildman–Crippen MR) is 71.5 cm³/mol. The molecule has 108 valence electrons. The Morgan fingerprint density at radius 1 is 1.47 bits per heavy atom. The smallest absolute Gasteiger partial charge is 0.245 e. The summed E-state index contributed by atoms with van der Waals surface area (Å²) in [5, 5.41) is 2.87. The van der Waals surface area contributed by atoms with Crippen molar-refractivity contribution < 1.29 is 14.3 Å². The van der Waals surface area contributed by atoms with Crippen LogP contribution in [0.4, 0.5) is 0 Å². The van der Waals surface area contributed by atoms with Crippen LogP contribution in [0.1, 0.15) is 33.1 Å². The second kappa shape index (κ2) is 6.37. The molecule has 2 aliphatic rings. The van der Waals surface area contributed by atoms with Crippen LogP contribution in [0.15, 0.2) is 0 Å². The third kappa shape index (κ3) is 3.47. The van der Waals surface area contributed by atoms with E-state index in [4.69, 9.17) is 4.74 Å². The summed E-state index contributed by atoms with van der Waals surface area (Å²) in [6.07, 6.45) is 2.31. The molecular weight excluding hydrogens is 244 g/mol. The molecule has 2 aliphatic heterocycles. The van der Waals surface area contributed by atoms with E-state index in [1.807, 2.05) is 18.7 Å². The van der Waals surface area contributed by atoms with Gasteiger partial charge >= 0.3 is 0 Å². The highest BCUT2D eigenvalue weighted by Crippen LogP contribution is 2.19. The highest BCUT2D eigenvalue weighted by Gasteiger charge is 2.34. The summed E-state index contributed by atoms with van der Waals surface area (Å²) in [4.78, 5) is 26.1. The van der Waals surface area contributed by atoms with E-state index < -0.39 is 0 Å². The van der Waals surface area contributed by atoms with Crippen LogP contribution in [-0.2, 0) is 14.3 Å². The molecule has 0 bridgehead atoms. The molecule has 2 amide bonds. The summed E-state index contributed by atoms with van der Waals surface area (Å²) in [6, 6.07) is -0.359. The Balaban J connectivity index is 2.04. The van der Waals surface area contributed by atoms with E-state index in [-0.39, 0.29) is 23.8 Å². The van der Waals surface area contributed by atoms with Crippen LogP contribution in [0.2, 0.25) is 0 Å². The fourth-order valence-corrected chi connectivity index (χ4v) is 2.69. The minimum absolute atomic E-state index is 0.0104. The maximum atomic E-state index is 12.5. The van der Waals surface area contributed by atoms with E-state index in [9.17, 15) is 9.59 Å². The number of hydrogen-bond donors (Lipinski definition) is 1. The number of rotatable bonds is 4. The van der Waals surface area contributed by atoms with Crippen LogP contribution >= 0.6 is 0 Å². The van der Waals surface area contributed by atoms with Gasteiger partial charge in [-0.05, 0) is 12.3 Å². The molecule has 2 rings (SSSR count). The van der Waals surface area contributed by atoms with Crippen molar-refractivity contribution in [2.75, 3.05) is 26.3 Å². The number of carbonyl (C=O) groups is 2. The molecule has 0 spiro atoms. The zero-order valence-corrected chi connectivity index (χ0v) is 11.9. The standard InChI is InChI=1S/C14H24N2O3/c1-3-10(2)13-14(18)16(6-4-12(17)15-13)8-11-5-7-19-9-11/h10-11,13H,3-9H2,1-2H3,(H,15,17). The minimum Gasteiger partial charge on any atom is -0.381 e. The quantitative estimate of drug-likeness (QED) is 0.820. The Labute approximate surface area is 114 Å². The van der Waals surface area contributed by atoms with Crippen molar-refractivity contribution in [1.29, 1.82) is 0 Å². The zero-order chi connectivity index (χ0) is 13.8. The van der Waals surface area contributed by atoms with E-state index in [0.717, 1.165) is 32.6 Å². The number of nitrogens with zero attached hydrogens (tertiary/aromatic N) is 1. The van der Waals surface area contributed by atoms with Crippen molar-refractivity contribution in [3.63, 3.8) is 0 Å². The Kier molecular flexibility index (Phi) is 4.80. The molecule has 0 radical (unpaired) electrons. The Morgan fingerprint density at radius 3 is 2.89 bits per heavy atom. The monoisotopic (exact) mass is 268 g/mol. The van der Waals surface area contributed by atoms with Crippen LogP contribution < -0.4 is 5.32 Å². The summed E-state index contributed by atoms with van der Waals surface area (Å²) in [6.45, 7) is 6.85. The first kappa shape index (κ1) is 14.3. The molecule has 0 saturated carbocycles. The van der Waals surface area contributed by atoms with E-state index in [1.54, 1.807) is 0 Å². The molecule has 1 N–H and O–H groups in total. The van der Waals surface area contributed by atoms with Gasteiger partial charge in [-0.2, -0.15) is 0 Å². The van der Waals surface area contributed by atoms with Crippen LogP contribution in [0, 0.1) is 11.8 Å². The van der Waals surface area contributed by atoms with Gasteiger partial charge < -0.3 is 15.0 Å². The first-order valence-electron chi connectivity index (χ1n) is 7.27. The van der Waals surface area contributed by atoms with Gasteiger partial charge in [0.15, 0.2) is 0 Å². The van der Waals surface area contributed by atoms with Crippen LogP contribution in [0.5, 0.6) is 0 Å². The van der Waals surface area contributed by atoms with Gasteiger partial charge in [-0.1, -0.05) is 20.3 Å². The molecule has 2 saturated heterocycles. The fourth-order valence-electron chi connectivity index (χ4n) is 2.69. The summed E-state index contributed by atoms with van der Waals surface area (Å²) in [5.41, 5.74) is 0. The highest BCUT2D eigenvalue weighted by molar-refractivity contribution is 5.90. The van der Waals surface area contributed by atoms with E-state index in [0.29, 0.717) is 18.9 Å². The largest absolute Gasteiger partial charge is 0.381 e. The van der Waals surface area contributed by atoms with Gasteiger partial charge in [-0.3, -0.25) is 9.59 Å². The first-order chi connectivity index (χ1) is 9.11. The Bertz CT molecular complexity index is 340. The lowest BCUT2D eigenvalue weighted by Gasteiger charge is -2.28. The van der Waals surface area contributed by atoms with Crippen molar-refractivity contribution in [3.8, 4) is 0 Å². The van der Waals surface area contributed by atoms with Crippen molar-refractivity contribution >= 4 is 11.8 Å². The topological polar surface area (TPSA) is 58.6 Å². The summed E-state index contributed by atoms with van der Waals surface area (Å²) in [7, 11) is 0. The third-order valence-electron chi connectivity index (χ3n) is 4.22. The Hall–Kier alpha value is -1.10. The van der Waals surface area contributed by atoms with Crippen LogP contribution in [-0.4, -0.2) is 49.1 Å². The van der Waals surface area contributed by atoms with Gasteiger partial charge in [0.2, 0.25) is 11.8 Å². The molecule has 0 aliphatic carbocycles. The van der Waals surface area contributed by atoms with Gasteiger partial charge in [0.25, 0.3) is 0 Å². The number of nitrogens with one attached hydrogen (secondary N) is 1. The highest BCUT2D eigenvalue weighted by atomic mass is 16.5. The number of amides is 2. The maximum absolute atomic E-state index is 12.5. The second-order valence-corrected chi connectivity index (χ2v) is 5.69. The summed E-state index contributed by atoms with van der Waals surface area (Å²) in [5.74, 6) is 0.669. The lowest BCUT2D eigenvalue weighted by atomic mass is 9.97. The van der Waals surface area contributed by atoms with Crippen molar-refractivity contribution in [3.05, 3.63) is 0 Å². The Morgan fingerprint density at radius 2 is 2.26 bits per heavy atom. The molecular formula is C14H24N2O3. The molecule has 3 atom stereocenters. The molecule has 19 heavy (non-hydrogen) atoms. The average Bonchev–Trinajstić information content (AvgIpc) is 2.87. The molecule has 3 unspecified atom stereocenters. The molecule has 0 aromatic carbocycles. The lowest BCUT2D eigenvalue weighted by Crippen LogP contribution is -2.49. The van der Waals surface area contributed by atoms with Gasteiger partial charge in [0.05, 0.1) is 6.61 Å². The minimum atomic E-state index is -0.359. The number of ether oxygens (including phenoxy) is 1. The second-order valence-electron chi connectivity index (χ2n) is 5.69. The molecule has 2 fully saturated rings. The molecule has 5 nitrogen and oxygen atoms in total. The molecule has 5 heteroatoms. The lowest BCUT2D eigenvalue weighted by molar-refractivity contribution is -0.135. The molecule has 0 aromatic heterocycles. The zero-order valence-electron chi connectivity index (χ0n) is 11.9.